The van der Waals surface area contributed by atoms with E-state index in [-0.39, 0.29) is 5.92 Å². The standard InChI is InChI=1S/C20H20FN/c1-22-14-19(20(21)16-8-3-2-4-9-16)18-12-11-15-7-5-6-10-17(15)13-18/h2-13,19-20,22H,14H2,1H3/t19-,20+/m0/s1. The van der Waals surface area contributed by atoms with Crippen LogP contribution in [0.5, 0.6) is 0 Å². The molecule has 3 rings (SSSR count). The highest BCUT2D eigenvalue weighted by Crippen LogP contribution is 2.35. The van der Waals surface area contributed by atoms with E-state index in [1.54, 1.807) is 0 Å². The molecule has 0 amide bonds. The maximum absolute atomic E-state index is 15.0. The molecular weight excluding hydrogens is 273 g/mol. The Balaban J connectivity index is 1.98. The number of alkyl halides is 1. The van der Waals surface area contributed by atoms with Gasteiger partial charge in [-0.05, 0) is 28.9 Å². The van der Waals surface area contributed by atoms with Gasteiger partial charge in [-0.3, -0.25) is 0 Å². The van der Waals surface area contributed by atoms with Crippen molar-refractivity contribution in [2.24, 2.45) is 0 Å². The molecule has 0 saturated carbocycles. The SMILES string of the molecule is CNC[C@@H](c1ccc2ccccc2c1)[C@H](F)c1ccccc1. The van der Waals surface area contributed by atoms with Crippen LogP contribution in [-0.4, -0.2) is 13.6 Å². The lowest BCUT2D eigenvalue weighted by Crippen LogP contribution is -2.21. The molecule has 0 unspecified atom stereocenters. The molecule has 0 fully saturated rings. The second-order valence-electron chi connectivity index (χ2n) is 5.58. The average molecular weight is 293 g/mol. The third-order valence-corrected chi connectivity index (χ3v) is 4.10. The summed E-state index contributed by atoms with van der Waals surface area (Å²) in [6, 6.07) is 23.8. The molecular formula is C20H20FN. The minimum Gasteiger partial charge on any atom is -0.319 e. The Kier molecular flexibility index (Phi) is 4.50. The summed E-state index contributed by atoms with van der Waals surface area (Å²) < 4.78 is 15.0. The molecule has 0 aliphatic heterocycles. The van der Waals surface area contributed by atoms with Crippen molar-refractivity contribution >= 4 is 10.8 Å². The van der Waals surface area contributed by atoms with E-state index in [2.05, 4.69) is 29.6 Å². The largest absolute Gasteiger partial charge is 0.319 e. The summed E-state index contributed by atoms with van der Waals surface area (Å²) in [5, 5.41) is 5.46. The van der Waals surface area contributed by atoms with E-state index in [4.69, 9.17) is 0 Å². The summed E-state index contributed by atoms with van der Waals surface area (Å²) in [5.41, 5.74) is 1.76. The minimum atomic E-state index is -1.02. The highest BCUT2D eigenvalue weighted by atomic mass is 19.1. The fraction of sp³-hybridized carbons (Fsp3) is 0.200. The molecule has 1 N–H and O–H groups in total. The molecule has 0 saturated heterocycles. The Bertz CT molecular complexity index is 739. The van der Waals surface area contributed by atoms with Gasteiger partial charge in [-0.1, -0.05) is 72.8 Å². The summed E-state index contributed by atoms with van der Waals surface area (Å²) in [7, 11) is 1.87. The number of fused-ring (bicyclic) bond motifs is 1. The maximum atomic E-state index is 15.0. The van der Waals surface area contributed by atoms with E-state index in [0.29, 0.717) is 6.54 Å². The summed E-state index contributed by atoms with van der Waals surface area (Å²) in [5.74, 6) is -0.197. The van der Waals surface area contributed by atoms with Crippen LogP contribution < -0.4 is 5.32 Å². The van der Waals surface area contributed by atoms with Crippen LogP contribution in [0.25, 0.3) is 10.8 Å². The molecule has 3 aromatic carbocycles. The van der Waals surface area contributed by atoms with Gasteiger partial charge >= 0.3 is 0 Å². The highest BCUT2D eigenvalue weighted by molar-refractivity contribution is 5.83. The molecule has 0 aromatic heterocycles. The van der Waals surface area contributed by atoms with Crippen molar-refractivity contribution in [3.63, 3.8) is 0 Å². The van der Waals surface area contributed by atoms with Crippen molar-refractivity contribution < 1.29 is 4.39 Å². The van der Waals surface area contributed by atoms with Gasteiger partial charge < -0.3 is 5.32 Å². The Hall–Kier alpha value is -2.19. The van der Waals surface area contributed by atoms with Crippen LogP contribution >= 0.6 is 0 Å². The Morgan fingerprint density at radius 1 is 0.818 bits per heavy atom. The molecule has 1 nitrogen and oxygen atoms in total. The van der Waals surface area contributed by atoms with Crippen LogP contribution in [0.15, 0.2) is 72.8 Å². The number of nitrogens with one attached hydrogen (secondary N) is 1. The Labute approximate surface area is 130 Å². The van der Waals surface area contributed by atoms with Crippen molar-refractivity contribution in [2.45, 2.75) is 12.1 Å². The van der Waals surface area contributed by atoms with Crippen LogP contribution in [0.2, 0.25) is 0 Å². The number of hydrogen-bond acceptors (Lipinski definition) is 1. The van der Waals surface area contributed by atoms with Crippen molar-refractivity contribution in [3.8, 4) is 0 Å². The maximum Gasteiger partial charge on any atom is 0.133 e. The number of benzene rings is 3. The third-order valence-electron chi connectivity index (χ3n) is 4.10. The Morgan fingerprint density at radius 3 is 2.23 bits per heavy atom. The monoisotopic (exact) mass is 293 g/mol. The van der Waals surface area contributed by atoms with Gasteiger partial charge in [0.15, 0.2) is 0 Å². The van der Waals surface area contributed by atoms with E-state index >= 15 is 4.39 Å². The van der Waals surface area contributed by atoms with Gasteiger partial charge in [-0.15, -0.1) is 0 Å². The highest BCUT2D eigenvalue weighted by Gasteiger charge is 2.24. The molecule has 0 aliphatic rings. The Morgan fingerprint density at radius 2 is 1.50 bits per heavy atom. The van der Waals surface area contributed by atoms with Gasteiger partial charge in [0.2, 0.25) is 0 Å². The minimum absolute atomic E-state index is 0.197. The molecule has 0 spiro atoms. The lowest BCUT2D eigenvalue weighted by Gasteiger charge is -2.22. The van der Waals surface area contributed by atoms with E-state index in [9.17, 15) is 0 Å². The zero-order valence-corrected chi connectivity index (χ0v) is 12.7. The first-order valence-electron chi connectivity index (χ1n) is 7.62. The topological polar surface area (TPSA) is 12.0 Å². The van der Waals surface area contributed by atoms with Gasteiger partial charge in [0, 0.05) is 12.5 Å². The van der Waals surface area contributed by atoms with Gasteiger partial charge in [0.1, 0.15) is 6.17 Å². The van der Waals surface area contributed by atoms with Gasteiger partial charge in [-0.2, -0.15) is 0 Å². The molecule has 2 atom stereocenters. The van der Waals surface area contributed by atoms with Crippen LogP contribution in [0, 0.1) is 0 Å². The first-order chi connectivity index (χ1) is 10.8. The molecule has 0 heterocycles. The molecule has 0 aliphatic carbocycles. The summed E-state index contributed by atoms with van der Waals surface area (Å²) >= 11 is 0. The molecule has 0 radical (unpaired) electrons. The summed E-state index contributed by atoms with van der Waals surface area (Å²) in [6.07, 6.45) is -1.02. The molecule has 0 bridgehead atoms. The predicted molar refractivity (Wildman–Crippen MR) is 90.9 cm³/mol. The molecule has 2 heteroatoms. The van der Waals surface area contributed by atoms with E-state index in [1.165, 1.54) is 5.39 Å². The smallest absolute Gasteiger partial charge is 0.133 e. The number of halogens is 1. The predicted octanol–water partition coefficient (Wildman–Crippen LogP) is 4.85. The normalized spacial score (nSPS) is 13.9. The lowest BCUT2D eigenvalue weighted by atomic mass is 9.89. The first-order valence-corrected chi connectivity index (χ1v) is 7.62. The zero-order valence-electron chi connectivity index (χ0n) is 12.7. The second-order valence-corrected chi connectivity index (χ2v) is 5.58. The summed E-state index contributed by atoms with van der Waals surface area (Å²) in [6.45, 7) is 0.606. The van der Waals surface area contributed by atoms with Crippen molar-refractivity contribution in [2.75, 3.05) is 13.6 Å². The second kappa shape index (κ2) is 6.71. The van der Waals surface area contributed by atoms with Crippen LogP contribution in [0.4, 0.5) is 4.39 Å². The number of rotatable bonds is 5. The average Bonchev–Trinajstić information content (AvgIpc) is 2.59. The molecule has 3 aromatic rings. The van der Waals surface area contributed by atoms with Crippen LogP contribution in [0.1, 0.15) is 23.2 Å². The summed E-state index contributed by atoms with van der Waals surface area (Å²) in [4.78, 5) is 0. The van der Waals surface area contributed by atoms with Gasteiger partial charge in [0.25, 0.3) is 0 Å². The quantitative estimate of drug-likeness (QED) is 0.709. The first kappa shape index (κ1) is 14.7. The number of likely N-dealkylation sites (N-methyl/N-ethyl adjacent to an activating group) is 1. The van der Waals surface area contributed by atoms with Crippen LogP contribution in [0.3, 0.4) is 0 Å². The fourth-order valence-electron chi connectivity index (χ4n) is 2.92. The van der Waals surface area contributed by atoms with Crippen molar-refractivity contribution in [1.29, 1.82) is 0 Å². The molecule has 22 heavy (non-hydrogen) atoms. The van der Waals surface area contributed by atoms with Crippen molar-refractivity contribution in [1.82, 2.24) is 5.32 Å². The van der Waals surface area contributed by atoms with E-state index < -0.39 is 6.17 Å². The van der Waals surface area contributed by atoms with E-state index in [1.807, 2.05) is 55.6 Å². The van der Waals surface area contributed by atoms with E-state index in [0.717, 1.165) is 16.5 Å². The fourth-order valence-corrected chi connectivity index (χ4v) is 2.92. The van der Waals surface area contributed by atoms with Gasteiger partial charge in [-0.25, -0.2) is 4.39 Å². The number of hydrogen-bond donors (Lipinski definition) is 1. The van der Waals surface area contributed by atoms with Crippen molar-refractivity contribution in [3.05, 3.63) is 83.9 Å². The lowest BCUT2D eigenvalue weighted by molar-refractivity contribution is 0.284. The van der Waals surface area contributed by atoms with Gasteiger partial charge in [0.05, 0.1) is 0 Å². The van der Waals surface area contributed by atoms with Crippen LogP contribution in [-0.2, 0) is 0 Å². The molecule has 112 valence electrons. The zero-order chi connectivity index (χ0) is 15.4. The third kappa shape index (κ3) is 3.02.